The van der Waals surface area contributed by atoms with Crippen LogP contribution in [0.3, 0.4) is 0 Å². The number of rotatable bonds is 4. The number of hydrogen-bond acceptors (Lipinski definition) is 4. The highest BCUT2D eigenvalue weighted by Gasteiger charge is 2.28. The number of carbonyl (C=O) groups is 2. The second-order valence-corrected chi connectivity index (χ2v) is 4.76. The molecule has 2 rings (SSSR count). The first-order valence-corrected chi connectivity index (χ1v) is 6.43. The van der Waals surface area contributed by atoms with E-state index in [0.29, 0.717) is 18.7 Å². The Hall–Kier alpha value is -2.08. The van der Waals surface area contributed by atoms with E-state index in [1.165, 1.54) is 12.1 Å². The third-order valence-electron chi connectivity index (χ3n) is 3.22. The van der Waals surface area contributed by atoms with Gasteiger partial charge in [-0.05, 0) is 17.7 Å². The largest absolute Gasteiger partial charge is 0.508 e. The molecule has 1 unspecified atom stereocenters. The van der Waals surface area contributed by atoms with Gasteiger partial charge in [-0.2, -0.15) is 0 Å². The summed E-state index contributed by atoms with van der Waals surface area (Å²) in [4.78, 5) is 24.6. The van der Waals surface area contributed by atoms with Crippen LogP contribution in [0.25, 0.3) is 0 Å². The van der Waals surface area contributed by atoms with E-state index >= 15 is 0 Å². The van der Waals surface area contributed by atoms with Crippen LogP contribution in [-0.2, 0) is 20.7 Å². The number of aliphatic carboxylic acids is 1. The summed E-state index contributed by atoms with van der Waals surface area (Å²) in [6.45, 7) is 1.07. The molecule has 1 aliphatic rings. The van der Waals surface area contributed by atoms with Gasteiger partial charge in [0.1, 0.15) is 5.75 Å². The molecule has 0 aromatic heterocycles. The van der Waals surface area contributed by atoms with Crippen molar-refractivity contribution in [3.05, 3.63) is 29.8 Å². The molecule has 6 nitrogen and oxygen atoms in total. The molecule has 0 spiro atoms. The summed E-state index contributed by atoms with van der Waals surface area (Å²) in [6, 6.07) is 6.07. The smallest absolute Gasteiger partial charge is 0.305 e. The van der Waals surface area contributed by atoms with Gasteiger partial charge in [0.2, 0.25) is 5.91 Å². The fraction of sp³-hybridized carbons (Fsp3) is 0.429. The number of carboxylic acids is 1. The molecule has 0 bridgehead atoms. The molecule has 0 aliphatic carbocycles. The summed E-state index contributed by atoms with van der Waals surface area (Å²) < 4.78 is 5.24. The topological polar surface area (TPSA) is 87.1 Å². The van der Waals surface area contributed by atoms with Crippen molar-refractivity contribution in [1.82, 2.24) is 4.90 Å². The lowest BCUT2D eigenvalue weighted by molar-refractivity contribution is -0.145. The Morgan fingerprint density at radius 2 is 2.20 bits per heavy atom. The SMILES string of the molecule is O=C(O)CC1COCCN1C(=O)Cc1cccc(O)c1. The van der Waals surface area contributed by atoms with E-state index in [4.69, 9.17) is 9.84 Å². The van der Waals surface area contributed by atoms with E-state index in [1.54, 1.807) is 17.0 Å². The van der Waals surface area contributed by atoms with Crippen molar-refractivity contribution in [3.63, 3.8) is 0 Å². The molecule has 1 aromatic carbocycles. The summed E-state index contributed by atoms with van der Waals surface area (Å²) >= 11 is 0. The van der Waals surface area contributed by atoms with E-state index in [-0.39, 0.29) is 31.1 Å². The highest BCUT2D eigenvalue weighted by molar-refractivity contribution is 5.80. The van der Waals surface area contributed by atoms with Gasteiger partial charge in [0.15, 0.2) is 0 Å². The highest BCUT2D eigenvalue weighted by Crippen LogP contribution is 2.16. The van der Waals surface area contributed by atoms with Gasteiger partial charge in [-0.1, -0.05) is 12.1 Å². The summed E-state index contributed by atoms with van der Waals surface area (Å²) in [5, 5.41) is 18.2. The molecule has 1 atom stereocenters. The van der Waals surface area contributed by atoms with Crippen molar-refractivity contribution < 1.29 is 24.5 Å². The number of carboxylic acid groups (broad SMARTS) is 1. The summed E-state index contributed by atoms with van der Waals surface area (Å²) in [5.74, 6) is -0.986. The van der Waals surface area contributed by atoms with Gasteiger partial charge in [-0.3, -0.25) is 9.59 Å². The normalized spacial score (nSPS) is 18.8. The number of phenols is 1. The quantitative estimate of drug-likeness (QED) is 0.844. The number of morpholine rings is 1. The van der Waals surface area contributed by atoms with Gasteiger partial charge >= 0.3 is 5.97 Å². The standard InChI is InChI=1S/C14H17NO5/c16-12-3-1-2-10(6-12)7-13(17)15-4-5-20-9-11(15)8-14(18)19/h1-3,6,11,16H,4-5,7-9H2,(H,18,19). The predicted molar refractivity (Wildman–Crippen MR) is 70.4 cm³/mol. The number of aromatic hydroxyl groups is 1. The van der Waals surface area contributed by atoms with Gasteiger partial charge in [-0.25, -0.2) is 0 Å². The number of ether oxygens (including phenoxy) is 1. The molecule has 1 saturated heterocycles. The Morgan fingerprint density at radius 1 is 1.40 bits per heavy atom. The molecule has 108 valence electrons. The van der Waals surface area contributed by atoms with Gasteiger partial charge in [0, 0.05) is 6.54 Å². The molecule has 0 saturated carbocycles. The van der Waals surface area contributed by atoms with Crippen LogP contribution in [0.2, 0.25) is 0 Å². The second kappa shape index (κ2) is 6.38. The molecular weight excluding hydrogens is 262 g/mol. The zero-order valence-electron chi connectivity index (χ0n) is 11.0. The minimum Gasteiger partial charge on any atom is -0.508 e. The van der Waals surface area contributed by atoms with Crippen molar-refractivity contribution in [3.8, 4) is 5.75 Å². The first kappa shape index (κ1) is 14.3. The zero-order chi connectivity index (χ0) is 14.5. The van der Waals surface area contributed by atoms with E-state index in [1.807, 2.05) is 0 Å². The van der Waals surface area contributed by atoms with Crippen LogP contribution in [0.4, 0.5) is 0 Å². The number of hydrogen-bond donors (Lipinski definition) is 2. The molecule has 1 aliphatic heterocycles. The Balaban J connectivity index is 2.04. The number of nitrogens with zero attached hydrogens (tertiary/aromatic N) is 1. The van der Waals surface area contributed by atoms with E-state index in [0.717, 1.165) is 0 Å². The lowest BCUT2D eigenvalue weighted by Crippen LogP contribution is -2.50. The first-order chi connectivity index (χ1) is 9.56. The summed E-state index contributed by atoms with van der Waals surface area (Å²) in [6.07, 6.45) is 0.0241. The second-order valence-electron chi connectivity index (χ2n) is 4.76. The highest BCUT2D eigenvalue weighted by atomic mass is 16.5. The average molecular weight is 279 g/mol. The van der Waals surface area contributed by atoms with Crippen molar-refractivity contribution in [2.45, 2.75) is 18.9 Å². The Labute approximate surface area is 116 Å². The van der Waals surface area contributed by atoms with Gasteiger partial charge in [-0.15, -0.1) is 0 Å². The fourth-order valence-corrected chi connectivity index (χ4v) is 2.30. The molecule has 6 heteroatoms. The average Bonchev–Trinajstić information content (AvgIpc) is 2.38. The minimum atomic E-state index is -0.948. The summed E-state index contributed by atoms with van der Waals surface area (Å²) in [5.41, 5.74) is 0.704. The van der Waals surface area contributed by atoms with Crippen molar-refractivity contribution in [2.24, 2.45) is 0 Å². The van der Waals surface area contributed by atoms with Crippen LogP contribution in [0.5, 0.6) is 5.75 Å². The molecule has 1 aromatic rings. The van der Waals surface area contributed by atoms with Gasteiger partial charge in [0.05, 0.1) is 32.1 Å². The maximum absolute atomic E-state index is 12.3. The number of carbonyl (C=O) groups excluding carboxylic acids is 1. The molecule has 1 heterocycles. The first-order valence-electron chi connectivity index (χ1n) is 6.43. The maximum Gasteiger partial charge on any atom is 0.305 e. The molecule has 0 radical (unpaired) electrons. The van der Waals surface area contributed by atoms with E-state index in [2.05, 4.69) is 0 Å². The van der Waals surface area contributed by atoms with E-state index < -0.39 is 12.0 Å². The molecule has 1 fully saturated rings. The predicted octanol–water partition coefficient (Wildman–Crippen LogP) is 0.637. The van der Waals surface area contributed by atoms with Crippen LogP contribution in [-0.4, -0.2) is 52.8 Å². The molecule has 2 N–H and O–H groups in total. The fourth-order valence-electron chi connectivity index (χ4n) is 2.30. The van der Waals surface area contributed by atoms with Gasteiger partial charge in [0.25, 0.3) is 0 Å². The minimum absolute atomic E-state index is 0.111. The molecular formula is C14H17NO5. The van der Waals surface area contributed by atoms with Crippen LogP contribution in [0, 0.1) is 0 Å². The van der Waals surface area contributed by atoms with Crippen molar-refractivity contribution in [2.75, 3.05) is 19.8 Å². The maximum atomic E-state index is 12.3. The molecule has 20 heavy (non-hydrogen) atoms. The Morgan fingerprint density at radius 3 is 2.90 bits per heavy atom. The van der Waals surface area contributed by atoms with Crippen molar-refractivity contribution in [1.29, 1.82) is 0 Å². The number of amides is 1. The van der Waals surface area contributed by atoms with E-state index in [9.17, 15) is 14.7 Å². The van der Waals surface area contributed by atoms with Crippen molar-refractivity contribution >= 4 is 11.9 Å². The third-order valence-corrected chi connectivity index (χ3v) is 3.22. The molecule has 1 amide bonds. The summed E-state index contributed by atoms with van der Waals surface area (Å²) in [7, 11) is 0. The van der Waals surface area contributed by atoms with Crippen LogP contribution < -0.4 is 0 Å². The van der Waals surface area contributed by atoms with Crippen LogP contribution in [0.1, 0.15) is 12.0 Å². The monoisotopic (exact) mass is 279 g/mol. The lowest BCUT2D eigenvalue weighted by atomic mass is 10.1. The van der Waals surface area contributed by atoms with Crippen LogP contribution in [0.15, 0.2) is 24.3 Å². The third kappa shape index (κ3) is 3.71. The van der Waals surface area contributed by atoms with Gasteiger partial charge < -0.3 is 19.8 Å². The van der Waals surface area contributed by atoms with Crippen LogP contribution >= 0.6 is 0 Å². The number of benzene rings is 1. The Bertz CT molecular complexity index is 502. The zero-order valence-corrected chi connectivity index (χ0v) is 11.0. The number of phenolic OH excluding ortho intramolecular Hbond substituents is 1. The lowest BCUT2D eigenvalue weighted by Gasteiger charge is -2.35. The Kier molecular flexibility index (Phi) is 4.57.